The molecule has 1 aromatic rings. The molecule has 0 fully saturated rings. The third kappa shape index (κ3) is 11.7. The van der Waals surface area contributed by atoms with Gasteiger partial charge in [-0.25, -0.2) is 0 Å². The average molecular weight is 481 g/mol. The summed E-state index contributed by atoms with van der Waals surface area (Å²) in [7, 11) is 2.16. The van der Waals surface area contributed by atoms with E-state index in [1.807, 2.05) is 58.0 Å². The highest BCUT2D eigenvalue weighted by molar-refractivity contribution is 5.96. The van der Waals surface area contributed by atoms with Gasteiger partial charge in [-0.1, -0.05) is 77.5 Å². The molecule has 0 saturated carbocycles. The minimum absolute atomic E-state index is 0.0298. The lowest BCUT2D eigenvalue weighted by molar-refractivity contribution is -0.123. The molecule has 0 spiro atoms. The van der Waals surface area contributed by atoms with Crippen molar-refractivity contribution in [2.24, 2.45) is 11.8 Å². The monoisotopic (exact) mass is 480 g/mol. The Hall–Kier alpha value is -2.46. The summed E-state index contributed by atoms with van der Waals surface area (Å²) in [5, 5.41) is 3.03. The molecular weight excluding hydrogens is 432 g/mol. The van der Waals surface area contributed by atoms with E-state index in [-0.39, 0.29) is 17.6 Å². The molecule has 1 aliphatic rings. The number of unbranched alkanes of at least 4 members (excludes halogenated alkanes) is 1. The Bertz CT molecular complexity index is 880. The fraction of sp³-hybridized carbons (Fsp3) is 0.548. The van der Waals surface area contributed by atoms with Gasteiger partial charge in [0.05, 0.1) is 0 Å². The van der Waals surface area contributed by atoms with Gasteiger partial charge in [-0.3, -0.25) is 9.59 Å². The Balaban J connectivity index is 0.00000298. The Kier molecular flexibility index (Phi) is 14.9. The van der Waals surface area contributed by atoms with Gasteiger partial charge in [0.25, 0.3) is 0 Å². The van der Waals surface area contributed by atoms with E-state index in [9.17, 15) is 9.59 Å². The Labute approximate surface area is 214 Å². The highest BCUT2D eigenvalue weighted by Gasteiger charge is 2.14. The average Bonchev–Trinajstić information content (AvgIpc) is 3.11. The maximum atomic E-state index is 12.5. The maximum Gasteiger partial charge on any atom is 0.226 e. The molecule has 4 nitrogen and oxygen atoms in total. The summed E-state index contributed by atoms with van der Waals surface area (Å²) in [6.07, 6.45) is 13.8. The number of ketones is 1. The molecule has 0 heterocycles. The molecule has 4 heteroatoms. The lowest BCUT2D eigenvalue weighted by Crippen LogP contribution is -2.26. The van der Waals surface area contributed by atoms with Gasteiger partial charge in [-0.15, -0.1) is 0 Å². The van der Waals surface area contributed by atoms with Crippen LogP contribution >= 0.6 is 0 Å². The van der Waals surface area contributed by atoms with Gasteiger partial charge in [0.1, 0.15) is 0 Å². The summed E-state index contributed by atoms with van der Waals surface area (Å²) in [6, 6.07) is 8.02. The number of amides is 1. The predicted molar refractivity (Wildman–Crippen MR) is 150 cm³/mol. The zero-order chi connectivity index (χ0) is 26.2. The standard InChI is InChI=1S/C29H42N2O2.C2H6/c1-6-24-12-11-14-26(20-24)28(32)16-9-10-18-31(5)19-17-23(4)25-13-7-8-15-27(21-25)30-29(33)22(2)3;1-2/h7-8,11-12,14-15,20-23H,6,9-10,13,16-19H2,1-5H3,(H,30,33);1-2H3. The van der Waals surface area contributed by atoms with Crippen LogP contribution in [0.2, 0.25) is 0 Å². The molecule has 0 saturated heterocycles. The fourth-order valence-corrected chi connectivity index (χ4v) is 3.88. The molecule has 0 bridgehead atoms. The molecule has 2 rings (SSSR count). The number of rotatable bonds is 13. The summed E-state index contributed by atoms with van der Waals surface area (Å²) >= 11 is 0. The van der Waals surface area contributed by atoms with E-state index in [0.717, 1.165) is 56.5 Å². The van der Waals surface area contributed by atoms with E-state index in [2.05, 4.69) is 49.3 Å². The molecule has 1 atom stereocenters. The van der Waals surface area contributed by atoms with Crippen LogP contribution in [0, 0.1) is 11.8 Å². The Morgan fingerprint density at radius 3 is 2.51 bits per heavy atom. The molecule has 194 valence electrons. The van der Waals surface area contributed by atoms with Gasteiger partial charge in [-0.05, 0) is 81.9 Å². The number of aryl methyl sites for hydroxylation is 1. The van der Waals surface area contributed by atoms with Crippen LogP contribution in [0.4, 0.5) is 0 Å². The largest absolute Gasteiger partial charge is 0.326 e. The number of Topliss-reactive ketones (excluding diaryl/α,β-unsaturated/α-hetero) is 1. The summed E-state index contributed by atoms with van der Waals surface area (Å²) in [6.45, 7) is 14.2. The topological polar surface area (TPSA) is 49.4 Å². The van der Waals surface area contributed by atoms with Crippen LogP contribution < -0.4 is 5.32 Å². The van der Waals surface area contributed by atoms with Gasteiger partial charge in [0.15, 0.2) is 5.78 Å². The van der Waals surface area contributed by atoms with Crippen LogP contribution in [0.5, 0.6) is 0 Å². The SMILES string of the molecule is CC.CCc1cccc(C(=O)CCCCN(C)CCC(C)C2=CC(NC(=O)C(C)C)=CC=CC2)c1. The number of carbonyl (C=O) groups is 2. The molecule has 1 aliphatic carbocycles. The van der Waals surface area contributed by atoms with Crippen molar-refractivity contribution in [1.82, 2.24) is 10.2 Å². The minimum atomic E-state index is -0.0298. The molecular formula is C31H48N2O2. The molecule has 0 radical (unpaired) electrons. The third-order valence-corrected chi connectivity index (χ3v) is 6.33. The lowest BCUT2D eigenvalue weighted by atomic mass is 9.94. The first kappa shape index (κ1) is 30.6. The van der Waals surface area contributed by atoms with E-state index in [1.54, 1.807) is 0 Å². The summed E-state index contributed by atoms with van der Waals surface area (Å²) < 4.78 is 0. The second-order valence-corrected chi connectivity index (χ2v) is 9.54. The second-order valence-electron chi connectivity index (χ2n) is 9.54. The highest BCUT2D eigenvalue weighted by atomic mass is 16.1. The normalized spacial score (nSPS) is 14.0. The molecule has 1 amide bonds. The fourth-order valence-electron chi connectivity index (χ4n) is 3.88. The van der Waals surface area contributed by atoms with Gasteiger partial charge >= 0.3 is 0 Å². The summed E-state index contributed by atoms with van der Waals surface area (Å²) in [5.41, 5.74) is 4.30. The van der Waals surface area contributed by atoms with Crippen LogP contribution in [0.1, 0.15) is 89.6 Å². The molecule has 0 aromatic heterocycles. The van der Waals surface area contributed by atoms with E-state index in [0.29, 0.717) is 12.3 Å². The van der Waals surface area contributed by atoms with Crippen molar-refractivity contribution < 1.29 is 9.59 Å². The molecule has 1 N–H and O–H groups in total. The van der Waals surface area contributed by atoms with Gasteiger partial charge in [0.2, 0.25) is 5.91 Å². The zero-order valence-electron chi connectivity index (χ0n) is 23.2. The second kappa shape index (κ2) is 17.0. The van der Waals surface area contributed by atoms with Crippen molar-refractivity contribution in [3.05, 3.63) is 71.0 Å². The number of allylic oxidation sites excluding steroid dienone is 5. The molecule has 1 unspecified atom stereocenters. The van der Waals surface area contributed by atoms with Gasteiger partial charge in [0, 0.05) is 23.6 Å². The smallest absolute Gasteiger partial charge is 0.226 e. The number of nitrogens with one attached hydrogen (secondary N) is 1. The van der Waals surface area contributed by atoms with Crippen molar-refractivity contribution >= 4 is 11.7 Å². The van der Waals surface area contributed by atoms with Crippen LogP contribution in [0.3, 0.4) is 0 Å². The summed E-state index contributed by atoms with van der Waals surface area (Å²) in [4.78, 5) is 26.9. The van der Waals surface area contributed by atoms with Crippen molar-refractivity contribution in [1.29, 1.82) is 0 Å². The predicted octanol–water partition coefficient (Wildman–Crippen LogP) is 7.13. The molecule has 35 heavy (non-hydrogen) atoms. The van der Waals surface area contributed by atoms with E-state index >= 15 is 0 Å². The molecule has 0 aliphatic heterocycles. The first-order valence-electron chi connectivity index (χ1n) is 13.5. The number of hydrogen-bond donors (Lipinski definition) is 1. The van der Waals surface area contributed by atoms with Crippen molar-refractivity contribution in [2.45, 2.75) is 80.1 Å². The first-order valence-corrected chi connectivity index (χ1v) is 13.5. The highest BCUT2D eigenvalue weighted by Crippen LogP contribution is 2.23. The zero-order valence-corrected chi connectivity index (χ0v) is 23.2. The maximum absolute atomic E-state index is 12.5. The lowest BCUT2D eigenvalue weighted by Gasteiger charge is -2.21. The van der Waals surface area contributed by atoms with E-state index < -0.39 is 0 Å². The van der Waals surface area contributed by atoms with E-state index in [4.69, 9.17) is 0 Å². The molecule has 1 aromatic carbocycles. The first-order chi connectivity index (χ1) is 16.8. The summed E-state index contributed by atoms with van der Waals surface area (Å²) in [5.74, 6) is 0.722. The van der Waals surface area contributed by atoms with Crippen molar-refractivity contribution in [3.63, 3.8) is 0 Å². The van der Waals surface area contributed by atoms with Crippen LogP contribution in [0.25, 0.3) is 0 Å². The minimum Gasteiger partial charge on any atom is -0.326 e. The van der Waals surface area contributed by atoms with Crippen LogP contribution in [-0.4, -0.2) is 36.7 Å². The van der Waals surface area contributed by atoms with Crippen LogP contribution in [0.15, 0.2) is 59.8 Å². The Morgan fingerprint density at radius 2 is 1.83 bits per heavy atom. The number of nitrogens with zero attached hydrogens (tertiary/aromatic N) is 1. The van der Waals surface area contributed by atoms with E-state index in [1.165, 1.54) is 11.1 Å². The van der Waals surface area contributed by atoms with Crippen molar-refractivity contribution in [2.75, 3.05) is 20.1 Å². The number of benzene rings is 1. The number of hydrogen-bond acceptors (Lipinski definition) is 3. The Morgan fingerprint density at radius 1 is 1.09 bits per heavy atom. The van der Waals surface area contributed by atoms with Gasteiger partial charge < -0.3 is 10.2 Å². The van der Waals surface area contributed by atoms with Crippen LogP contribution in [-0.2, 0) is 11.2 Å². The quantitative estimate of drug-likeness (QED) is 0.241. The third-order valence-electron chi connectivity index (χ3n) is 6.33. The van der Waals surface area contributed by atoms with Gasteiger partial charge in [-0.2, -0.15) is 0 Å². The number of carbonyl (C=O) groups excluding carboxylic acids is 2. The van der Waals surface area contributed by atoms with Crippen molar-refractivity contribution in [3.8, 4) is 0 Å².